The fourth-order valence-electron chi connectivity index (χ4n) is 2.53. The summed E-state index contributed by atoms with van der Waals surface area (Å²) in [4.78, 5) is 2.46. The number of nitrogens with zero attached hydrogens (tertiary/aromatic N) is 3. The molecule has 4 heteroatoms. The van der Waals surface area contributed by atoms with Crippen molar-refractivity contribution in [2.45, 2.75) is 39.3 Å². The Balaban J connectivity index is 1.88. The molecule has 0 spiro atoms. The molecule has 96 valence electrons. The lowest BCUT2D eigenvalue weighted by atomic mass is 9.92. The Bertz CT molecular complexity index is 365. The number of aryl methyl sites for hydroxylation is 1. The van der Waals surface area contributed by atoms with E-state index in [1.807, 2.05) is 24.9 Å². The molecule has 17 heavy (non-hydrogen) atoms. The van der Waals surface area contributed by atoms with Gasteiger partial charge in [-0.3, -0.25) is 9.58 Å². The van der Waals surface area contributed by atoms with Crippen LogP contribution < -0.4 is 0 Å². The molecule has 1 fully saturated rings. The summed E-state index contributed by atoms with van der Waals surface area (Å²) >= 11 is 0. The Morgan fingerprint density at radius 3 is 2.59 bits per heavy atom. The molecule has 1 aromatic heterocycles. The third-order valence-corrected chi connectivity index (χ3v) is 4.05. The molecule has 0 bridgehead atoms. The largest absolute Gasteiger partial charge is 0.393 e. The second-order valence-electron chi connectivity index (χ2n) is 5.23. The van der Waals surface area contributed by atoms with Gasteiger partial charge in [0, 0.05) is 24.8 Å². The Kier molecular flexibility index (Phi) is 3.84. The minimum Gasteiger partial charge on any atom is -0.393 e. The molecule has 4 nitrogen and oxygen atoms in total. The van der Waals surface area contributed by atoms with Gasteiger partial charge in [0.15, 0.2) is 0 Å². The zero-order valence-electron chi connectivity index (χ0n) is 11.1. The van der Waals surface area contributed by atoms with Crippen molar-refractivity contribution in [1.82, 2.24) is 14.7 Å². The van der Waals surface area contributed by atoms with Crippen LogP contribution in [0.25, 0.3) is 0 Å². The summed E-state index contributed by atoms with van der Waals surface area (Å²) < 4.78 is 1.93. The highest BCUT2D eigenvalue weighted by molar-refractivity contribution is 5.15. The minimum absolute atomic E-state index is 0.155. The van der Waals surface area contributed by atoms with Crippen molar-refractivity contribution in [3.8, 4) is 0 Å². The number of hydrogen-bond acceptors (Lipinski definition) is 3. The Labute approximate surface area is 103 Å². The van der Waals surface area contributed by atoms with Gasteiger partial charge in [-0.2, -0.15) is 5.10 Å². The number of piperidine rings is 1. The van der Waals surface area contributed by atoms with Crippen LogP contribution in [0.3, 0.4) is 0 Å². The van der Waals surface area contributed by atoms with Gasteiger partial charge in [-0.25, -0.2) is 0 Å². The van der Waals surface area contributed by atoms with Gasteiger partial charge in [-0.05, 0) is 45.7 Å². The molecule has 1 atom stereocenters. The van der Waals surface area contributed by atoms with Gasteiger partial charge in [-0.1, -0.05) is 0 Å². The van der Waals surface area contributed by atoms with Gasteiger partial charge >= 0.3 is 0 Å². The zero-order valence-corrected chi connectivity index (χ0v) is 11.1. The summed E-state index contributed by atoms with van der Waals surface area (Å²) in [7, 11) is 1.98. The lowest BCUT2D eigenvalue weighted by Crippen LogP contribution is -2.36. The van der Waals surface area contributed by atoms with Crippen molar-refractivity contribution < 1.29 is 5.11 Å². The lowest BCUT2D eigenvalue weighted by Gasteiger charge is -2.33. The molecule has 1 N–H and O–H groups in total. The number of aliphatic hydroxyl groups excluding tert-OH is 1. The van der Waals surface area contributed by atoms with Crippen LogP contribution in [-0.2, 0) is 13.6 Å². The van der Waals surface area contributed by atoms with E-state index in [2.05, 4.69) is 16.9 Å². The SMILES string of the molecule is Cc1c(CN2CCC(C(C)O)CC2)cnn1C. The van der Waals surface area contributed by atoms with Gasteiger partial charge < -0.3 is 5.11 Å². The minimum atomic E-state index is -0.155. The molecule has 2 heterocycles. The summed E-state index contributed by atoms with van der Waals surface area (Å²) in [6, 6.07) is 0. The number of rotatable bonds is 3. The monoisotopic (exact) mass is 237 g/mol. The third-order valence-electron chi connectivity index (χ3n) is 4.05. The first-order valence-electron chi connectivity index (χ1n) is 6.46. The molecule has 1 unspecified atom stereocenters. The summed E-state index contributed by atoms with van der Waals surface area (Å²) in [5, 5.41) is 13.8. The summed E-state index contributed by atoms with van der Waals surface area (Å²) in [5.74, 6) is 0.487. The van der Waals surface area contributed by atoms with Gasteiger partial charge in [0.1, 0.15) is 0 Å². The maximum absolute atomic E-state index is 9.57. The van der Waals surface area contributed by atoms with E-state index < -0.39 is 0 Å². The average molecular weight is 237 g/mol. The predicted molar refractivity (Wildman–Crippen MR) is 67.6 cm³/mol. The van der Waals surface area contributed by atoms with E-state index in [4.69, 9.17) is 0 Å². The summed E-state index contributed by atoms with van der Waals surface area (Å²) in [6.45, 7) is 7.19. The third kappa shape index (κ3) is 2.87. The van der Waals surface area contributed by atoms with Crippen molar-refractivity contribution in [3.63, 3.8) is 0 Å². The fourth-order valence-corrected chi connectivity index (χ4v) is 2.53. The number of likely N-dealkylation sites (tertiary alicyclic amines) is 1. The maximum Gasteiger partial charge on any atom is 0.0541 e. The molecule has 1 saturated heterocycles. The van der Waals surface area contributed by atoms with Gasteiger partial charge in [0.05, 0.1) is 12.3 Å². The van der Waals surface area contributed by atoms with E-state index in [0.29, 0.717) is 5.92 Å². The van der Waals surface area contributed by atoms with Crippen LogP contribution in [0, 0.1) is 12.8 Å². The molecule has 0 radical (unpaired) electrons. The fraction of sp³-hybridized carbons (Fsp3) is 0.769. The Morgan fingerprint density at radius 1 is 1.47 bits per heavy atom. The maximum atomic E-state index is 9.57. The first kappa shape index (κ1) is 12.6. The van der Waals surface area contributed by atoms with Crippen LogP contribution in [0.1, 0.15) is 31.0 Å². The summed E-state index contributed by atoms with van der Waals surface area (Å²) in [6.07, 6.45) is 4.03. The molecular formula is C13H23N3O. The van der Waals surface area contributed by atoms with Crippen LogP contribution >= 0.6 is 0 Å². The summed E-state index contributed by atoms with van der Waals surface area (Å²) in [5.41, 5.74) is 2.57. The quantitative estimate of drug-likeness (QED) is 0.862. The number of aromatic nitrogens is 2. The Morgan fingerprint density at radius 2 is 2.12 bits per heavy atom. The molecular weight excluding hydrogens is 214 g/mol. The first-order valence-corrected chi connectivity index (χ1v) is 6.46. The second-order valence-corrected chi connectivity index (χ2v) is 5.23. The molecule has 0 aromatic carbocycles. The van der Waals surface area contributed by atoms with Crippen molar-refractivity contribution in [1.29, 1.82) is 0 Å². The molecule has 1 aliphatic rings. The lowest BCUT2D eigenvalue weighted by molar-refractivity contribution is 0.0695. The standard InChI is InChI=1S/C13H23N3O/c1-10-13(8-14-15(10)3)9-16-6-4-12(5-7-16)11(2)17/h8,11-12,17H,4-7,9H2,1-3H3. The van der Waals surface area contributed by atoms with Gasteiger partial charge in [0.25, 0.3) is 0 Å². The normalized spacial score (nSPS) is 20.7. The van der Waals surface area contributed by atoms with E-state index in [9.17, 15) is 5.11 Å². The van der Waals surface area contributed by atoms with Crippen LogP contribution in [0.15, 0.2) is 6.20 Å². The smallest absolute Gasteiger partial charge is 0.0541 e. The van der Waals surface area contributed by atoms with Crippen LogP contribution in [0.2, 0.25) is 0 Å². The predicted octanol–water partition coefficient (Wildman–Crippen LogP) is 1.32. The molecule has 0 amide bonds. The van der Waals surface area contributed by atoms with Crippen molar-refractivity contribution in [2.24, 2.45) is 13.0 Å². The van der Waals surface area contributed by atoms with Crippen molar-refractivity contribution in [3.05, 3.63) is 17.5 Å². The van der Waals surface area contributed by atoms with Gasteiger partial charge in [0.2, 0.25) is 0 Å². The van der Waals surface area contributed by atoms with Crippen LogP contribution in [-0.4, -0.2) is 39.0 Å². The van der Waals surface area contributed by atoms with Crippen molar-refractivity contribution >= 4 is 0 Å². The van der Waals surface area contributed by atoms with E-state index >= 15 is 0 Å². The molecule has 0 aliphatic carbocycles. The second kappa shape index (κ2) is 5.19. The Hall–Kier alpha value is -0.870. The zero-order chi connectivity index (χ0) is 12.4. The van der Waals surface area contributed by atoms with Crippen molar-refractivity contribution in [2.75, 3.05) is 13.1 Å². The highest BCUT2D eigenvalue weighted by atomic mass is 16.3. The highest BCUT2D eigenvalue weighted by Crippen LogP contribution is 2.22. The van der Waals surface area contributed by atoms with Crippen LogP contribution in [0.5, 0.6) is 0 Å². The topological polar surface area (TPSA) is 41.3 Å². The van der Waals surface area contributed by atoms with E-state index in [0.717, 1.165) is 32.5 Å². The number of hydrogen-bond donors (Lipinski definition) is 1. The molecule has 0 saturated carbocycles. The van der Waals surface area contributed by atoms with E-state index in [-0.39, 0.29) is 6.10 Å². The molecule has 2 rings (SSSR count). The molecule has 1 aromatic rings. The van der Waals surface area contributed by atoms with Crippen LogP contribution in [0.4, 0.5) is 0 Å². The first-order chi connectivity index (χ1) is 8.08. The average Bonchev–Trinajstić information content (AvgIpc) is 2.62. The molecule has 1 aliphatic heterocycles. The van der Waals surface area contributed by atoms with E-state index in [1.54, 1.807) is 0 Å². The number of aliphatic hydroxyl groups is 1. The highest BCUT2D eigenvalue weighted by Gasteiger charge is 2.23. The van der Waals surface area contributed by atoms with E-state index in [1.165, 1.54) is 11.3 Å². The van der Waals surface area contributed by atoms with Gasteiger partial charge in [-0.15, -0.1) is 0 Å².